The molecule has 2 rings (SSSR count). The van der Waals surface area contributed by atoms with Gasteiger partial charge in [0.05, 0.1) is 7.11 Å². The second kappa shape index (κ2) is 7.54. The molecule has 0 aromatic heterocycles. The van der Waals surface area contributed by atoms with E-state index in [9.17, 15) is 0 Å². The standard InChI is InChI=1S/C8H11NO.C7H8ClN/c1-9-7-3-5-8(10-2)6-4-7;1-5-6(8)3-2-4-7(5)9/h3-6,9H,1-2H3;2-4H,9H2,1H3. The van der Waals surface area contributed by atoms with Gasteiger partial charge in [-0.3, -0.25) is 0 Å². The molecular formula is C15H19ClN2O. The smallest absolute Gasteiger partial charge is 0.119 e. The van der Waals surface area contributed by atoms with E-state index in [1.165, 1.54) is 0 Å². The van der Waals surface area contributed by atoms with Crippen molar-refractivity contribution >= 4 is 23.0 Å². The summed E-state index contributed by atoms with van der Waals surface area (Å²) in [5.41, 5.74) is 8.34. The second-order valence-corrected chi connectivity index (χ2v) is 4.34. The van der Waals surface area contributed by atoms with Gasteiger partial charge >= 0.3 is 0 Å². The molecule has 0 fully saturated rings. The maximum atomic E-state index is 5.73. The minimum Gasteiger partial charge on any atom is -0.497 e. The van der Waals surface area contributed by atoms with E-state index in [0.717, 1.165) is 27.7 Å². The minimum atomic E-state index is 0.731. The fraction of sp³-hybridized carbons (Fsp3) is 0.200. The third kappa shape index (κ3) is 4.72. The molecule has 2 aromatic carbocycles. The zero-order valence-corrected chi connectivity index (χ0v) is 12.2. The molecular weight excluding hydrogens is 260 g/mol. The first-order valence-corrected chi connectivity index (χ1v) is 6.28. The van der Waals surface area contributed by atoms with Crippen molar-refractivity contribution in [3.63, 3.8) is 0 Å². The van der Waals surface area contributed by atoms with E-state index >= 15 is 0 Å². The largest absolute Gasteiger partial charge is 0.497 e. The van der Waals surface area contributed by atoms with Crippen LogP contribution in [0.1, 0.15) is 5.56 Å². The highest BCUT2D eigenvalue weighted by molar-refractivity contribution is 6.31. The Kier molecular flexibility index (Phi) is 6.03. The van der Waals surface area contributed by atoms with Crippen molar-refractivity contribution in [3.8, 4) is 5.75 Å². The van der Waals surface area contributed by atoms with Crippen LogP contribution < -0.4 is 15.8 Å². The Hall–Kier alpha value is -1.87. The summed E-state index contributed by atoms with van der Waals surface area (Å²) >= 11 is 5.73. The normalized spacial score (nSPS) is 9.26. The summed E-state index contributed by atoms with van der Waals surface area (Å²) in [6.45, 7) is 1.90. The highest BCUT2D eigenvalue weighted by Gasteiger charge is 1.94. The zero-order chi connectivity index (χ0) is 14.3. The Morgan fingerprint density at radius 1 is 1.11 bits per heavy atom. The van der Waals surface area contributed by atoms with E-state index in [2.05, 4.69) is 5.32 Å². The lowest BCUT2D eigenvalue weighted by Crippen LogP contribution is -1.87. The van der Waals surface area contributed by atoms with Gasteiger partial charge in [0.1, 0.15) is 5.75 Å². The first kappa shape index (κ1) is 15.2. The number of hydrogen-bond acceptors (Lipinski definition) is 3. The summed E-state index contributed by atoms with van der Waals surface area (Å²) in [6.07, 6.45) is 0. The van der Waals surface area contributed by atoms with Crippen LogP contribution in [0, 0.1) is 6.92 Å². The van der Waals surface area contributed by atoms with Gasteiger partial charge in [-0.2, -0.15) is 0 Å². The molecule has 0 atom stereocenters. The molecule has 0 aliphatic carbocycles. The lowest BCUT2D eigenvalue weighted by Gasteiger charge is -2.00. The molecule has 0 radical (unpaired) electrons. The lowest BCUT2D eigenvalue weighted by molar-refractivity contribution is 0.415. The Labute approximate surface area is 119 Å². The molecule has 0 spiro atoms. The Balaban J connectivity index is 0.000000191. The highest BCUT2D eigenvalue weighted by Crippen LogP contribution is 2.19. The minimum absolute atomic E-state index is 0.731. The van der Waals surface area contributed by atoms with Crippen molar-refractivity contribution in [2.75, 3.05) is 25.2 Å². The Morgan fingerprint density at radius 3 is 2.16 bits per heavy atom. The lowest BCUT2D eigenvalue weighted by atomic mass is 10.2. The van der Waals surface area contributed by atoms with Crippen LogP contribution in [0.25, 0.3) is 0 Å². The monoisotopic (exact) mass is 278 g/mol. The fourth-order valence-electron chi connectivity index (χ4n) is 1.38. The number of halogens is 1. The number of anilines is 2. The molecule has 2 aromatic rings. The molecule has 0 saturated heterocycles. The van der Waals surface area contributed by atoms with Gasteiger partial charge in [-0.05, 0) is 48.9 Å². The number of ether oxygens (including phenoxy) is 1. The summed E-state index contributed by atoms with van der Waals surface area (Å²) in [5.74, 6) is 0.888. The van der Waals surface area contributed by atoms with Crippen LogP contribution in [0.3, 0.4) is 0 Å². The van der Waals surface area contributed by atoms with Crippen LogP contribution >= 0.6 is 11.6 Å². The van der Waals surface area contributed by atoms with Gasteiger partial charge in [-0.1, -0.05) is 17.7 Å². The van der Waals surface area contributed by atoms with Crippen LogP contribution in [0.5, 0.6) is 5.75 Å². The molecule has 3 nitrogen and oxygen atoms in total. The Morgan fingerprint density at radius 2 is 1.74 bits per heavy atom. The number of methoxy groups -OCH3 is 1. The summed E-state index contributed by atoms with van der Waals surface area (Å²) < 4.78 is 4.99. The quantitative estimate of drug-likeness (QED) is 0.817. The number of nitrogen functional groups attached to an aromatic ring is 1. The average Bonchev–Trinajstić information content (AvgIpc) is 2.45. The molecule has 0 aliphatic rings. The van der Waals surface area contributed by atoms with E-state index in [0.29, 0.717) is 0 Å². The molecule has 0 aliphatic heterocycles. The molecule has 3 N–H and O–H groups in total. The molecule has 0 bridgehead atoms. The van der Waals surface area contributed by atoms with E-state index in [1.807, 2.05) is 56.4 Å². The summed E-state index contributed by atoms with van der Waals surface area (Å²) in [6, 6.07) is 13.3. The van der Waals surface area contributed by atoms with Crippen molar-refractivity contribution in [2.45, 2.75) is 6.92 Å². The van der Waals surface area contributed by atoms with Crippen molar-refractivity contribution in [1.82, 2.24) is 0 Å². The molecule has 0 unspecified atom stereocenters. The number of hydrogen-bond donors (Lipinski definition) is 2. The van der Waals surface area contributed by atoms with E-state index in [4.69, 9.17) is 22.1 Å². The van der Waals surface area contributed by atoms with Crippen molar-refractivity contribution in [1.29, 1.82) is 0 Å². The van der Waals surface area contributed by atoms with Gasteiger partial charge < -0.3 is 15.8 Å². The van der Waals surface area contributed by atoms with Crippen LogP contribution in [0.4, 0.5) is 11.4 Å². The second-order valence-electron chi connectivity index (χ2n) is 3.93. The zero-order valence-electron chi connectivity index (χ0n) is 11.4. The molecule has 4 heteroatoms. The van der Waals surface area contributed by atoms with Crippen LogP contribution in [0.2, 0.25) is 5.02 Å². The summed E-state index contributed by atoms with van der Waals surface area (Å²) in [4.78, 5) is 0. The summed E-state index contributed by atoms with van der Waals surface area (Å²) in [7, 11) is 3.55. The van der Waals surface area contributed by atoms with E-state index in [-0.39, 0.29) is 0 Å². The summed E-state index contributed by atoms with van der Waals surface area (Å²) in [5, 5.41) is 3.75. The molecule has 102 valence electrons. The molecule has 0 amide bonds. The number of nitrogens with one attached hydrogen (secondary N) is 1. The molecule has 0 saturated carbocycles. The number of benzene rings is 2. The van der Waals surface area contributed by atoms with Gasteiger partial charge in [-0.25, -0.2) is 0 Å². The number of rotatable bonds is 2. The van der Waals surface area contributed by atoms with Crippen molar-refractivity contribution in [2.24, 2.45) is 0 Å². The molecule has 0 heterocycles. The van der Waals surface area contributed by atoms with Gasteiger partial charge in [0.25, 0.3) is 0 Å². The van der Waals surface area contributed by atoms with E-state index in [1.54, 1.807) is 7.11 Å². The van der Waals surface area contributed by atoms with Gasteiger partial charge in [0.2, 0.25) is 0 Å². The van der Waals surface area contributed by atoms with Crippen LogP contribution in [0.15, 0.2) is 42.5 Å². The van der Waals surface area contributed by atoms with Crippen LogP contribution in [-0.2, 0) is 0 Å². The maximum Gasteiger partial charge on any atom is 0.119 e. The number of nitrogens with two attached hydrogens (primary N) is 1. The maximum absolute atomic E-state index is 5.73. The average molecular weight is 279 g/mol. The van der Waals surface area contributed by atoms with Crippen molar-refractivity contribution in [3.05, 3.63) is 53.1 Å². The first-order chi connectivity index (χ1) is 9.08. The predicted octanol–water partition coefficient (Wildman–Crippen LogP) is 3.97. The van der Waals surface area contributed by atoms with E-state index < -0.39 is 0 Å². The third-order valence-corrected chi connectivity index (χ3v) is 3.10. The fourth-order valence-corrected chi connectivity index (χ4v) is 1.56. The SMILES string of the molecule is CNc1ccc(OC)cc1.Cc1c(N)cccc1Cl. The van der Waals surface area contributed by atoms with Gasteiger partial charge in [-0.15, -0.1) is 0 Å². The highest BCUT2D eigenvalue weighted by atomic mass is 35.5. The predicted molar refractivity (Wildman–Crippen MR) is 83.1 cm³/mol. The topological polar surface area (TPSA) is 47.3 Å². The Bertz CT molecular complexity index is 469. The van der Waals surface area contributed by atoms with Crippen molar-refractivity contribution < 1.29 is 4.74 Å². The first-order valence-electron chi connectivity index (χ1n) is 5.91. The van der Waals surface area contributed by atoms with Gasteiger partial charge in [0.15, 0.2) is 0 Å². The van der Waals surface area contributed by atoms with Crippen LogP contribution in [-0.4, -0.2) is 14.2 Å². The third-order valence-electron chi connectivity index (χ3n) is 2.69. The molecule has 19 heavy (non-hydrogen) atoms. The van der Waals surface area contributed by atoms with Gasteiger partial charge in [0, 0.05) is 23.4 Å².